The molecule has 2 rings (SSSR count). The highest BCUT2D eigenvalue weighted by Gasteiger charge is 2.24. The minimum absolute atomic E-state index is 0.156. The summed E-state index contributed by atoms with van der Waals surface area (Å²) >= 11 is 3.26. The van der Waals surface area contributed by atoms with Gasteiger partial charge < -0.3 is 9.67 Å². The Morgan fingerprint density at radius 1 is 1.57 bits per heavy atom. The van der Waals surface area contributed by atoms with E-state index in [1.165, 1.54) is 0 Å². The van der Waals surface area contributed by atoms with Crippen LogP contribution < -0.4 is 0 Å². The number of halogens is 1. The first-order valence-corrected chi connectivity index (χ1v) is 5.05. The number of aromatic nitrogens is 2. The summed E-state index contributed by atoms with van der Waals surface area (Å²) in [7, 11) is 1.97. The maximum absolute atomic E-state index is 10.9. The molecule has 2 heterocycles. The van der Waals surface area contributed by atoms with Crippen LogP contribution in [0, 0.1) is 0 Å². The van der Waals surface area contributed by atoms with Crippen LogP contribution in [0.4, 0.5) is 0 Å². The SMILES string of the molecule is CN1CCn2c(Br)nc(C(=O)O)c2C1. The van der Waals surface area contributed by atoms with Gasteiger partial charge in [-0.15, -0.1) is 0 Å². The van der Waals surface area contributed by atoms with Crippen molar-refractivity contribution >= 4 is 21.9 Å². The van der Waals surface area contributed by atoms with Crippen molar-refractivity contribution in [2.45, 2.75) is 13.1 Å². The van der Waals surface area contributed by atoms with Crippen molar-refractivity contribution in [2.24, 2.45) is 0 Å². The van der Waals surface area contributed by atoms with Gasteiger partial charge in [0.25, 0.3) is 0 Å². The molecule has 0 atom stereocenters. The van der Waals surface area contributed by atoms with Crippen molar-refractivity contribution in [2.75, 3.05) is 13.6 Å². The average Bonchev–Trinajstić information content (AvgIpc) is 2.43. The molecule has 0 unspecified atom stereocenters. The van der Waals surface area contributed by atoms with E-state index in [9.17, 15) is 4.79 Å². The van der Waals surface area contributed by atoms with Crippen molar-refractivity contribution in [3.63, 3.8) is 0 Å². The highest BCUT2D eigenvalue weighted by atomic mass is 79.9. The third-order valence-corrected chi connectivity index (χ3v) is 2.96. The first-order chi connectivity index (χ1) is 6.59. The van der Waals surface area contributed by atoms with Crippen molar-refractivity contribution in [1.82, 2.24) is 14.5 Å². The second-order valence-corrected chi connectivity index (χ2v) is 4.08. The van der Waals surface area contributed by atoms with Crippen molar-refractivity contribution < 1.29 is 9.90 Å². The average molecular weight is 260 g/mol. The smallest absolute Gasteiger partial charge is 0.356 e. The molecule has 76 valence electrons. The number of imidazole rings is 1. The molecule has 1 N–H and O–H groups in total. The quantitative estimate of drug-likeness (QED) is 0.811. The van der Waals surface area contributed by atoms with Crippen LogP contribution in [-0.2, 0) is 13.1 Å². The zero-order valence-corrected chi connectivity index (χ0v) is 9.28. The van der Waals surface area contributed by atoms with Gasteiger partial charge >= 0.3 is 5.97 Å². The molecular formula is C8H10BrN3O2. The van der Waals surface area contributed by atoms with Crippen LogP contribution >= 0.6 is 15.9 Å². The van der Waals surface area contributed by atoms with Gasteiger partial charge in [-0.05, 0) is 23.0 Å². The van der Waals surface area contributed by atoms with Gasteiger partial charge in [-0.3, -0.25) is 4.90 Å². The number of likely N-dealkylation sites (N-methyl/N-ethyl adjacent to an activating group) is 1. The summed E-state index contributed by atoms with van der Waals surface area (Å²) in [6.45, 7) is 2.34. The van der Waals surface area contributed by atoms with Gasteiger partial charge in [-0.25, -0.2) is 9.78 Å². The van der Waals surface area contributed by atoms with Gasteiger partial charge in [0, 0.05) is 19.6 Å². The van der Waals surface area contributed by atoms with E-state index >= 15 is 0 Å². The predicted octanol–water partition coefficient (Wildman–Crippen LogP) is 0.789. The summed E-state index contributed by atoms with van der Waals surface area (Å²) in [5, 5.41) is 8.93. The molecule has 0 amide bonds. The van der Waals surface area contributed by atoms with Gasteiger partial charge in [0.2, 0.25) is 0 Å². The molecule has 14 heavy (non-hydrogen) atoms. The summed E-state index contributed by atoms with van der Waals surface area (Å²) in [4.78, 5) is 16.9. The molecule has 1 aromatic heterocycles. The summed E-state index contributed by atoms with van der Waals surface area (Å²) in [6.07, 6.45) is 0. The van der Waals surface area contributed by atoms with Gasteiger partial charge in [-0.2, -0.15) is 0 Å². The Balaban J connectivity index is 2.50. The first-order valence-electron chi connectivity index (χ1n) is 4.26. The Morgan fingerprint density at radius 2 is 2.29 bits per heavy atom. The number of hydrogen-bond acceptors (Lipinski definition) is 3. The fourth-order valence-electron chi connectivity index (χ4n) is 1.62. The normalized spacial score (nSPS) is 16.7. The number of rotatable bonds is 1. The van der Waals surface area contributed by atoms with Gasteiger partial charge in [0.05, 0.1) is 5.69 Å². The summed E-state index contributed by atoms with van der Waals surface area (Å²) in [6, 6.07) is 0. The van der Waals surface area contributed by atoms with E-state index in [2.05, 4.69) is 25.8 Å². The standard InChI is InChI=1S/C8H10BrN3O2/c1-11-2-3-12-5(4-11)6(7(13)14)10-8(12)9/h2-4H2,1H3,(H,13,14). The summed E-state index contributed by atoms with van der Waals surface area (Å²) in [5.74, 6) is -0.963. The lowest BCUT2D eigenvalue weighted by atomic mass is 10.2. The van der Waals surface area contributed by atoms with Crippen LogP contribution in [-0.4, -0.2) is 39.1 Å². The minimum atomic E-state index is -0.963. The number of hydrogen-bond donors (Lipinski definition) is 1. The number of fused-ring (bicyclic) bond motifs is 1. The third-order valence-electron chi connectivity index (χ3n) is 2.35. The summed E-state index contributed by atoms with van der Waals surface area (Å²) < 4.78 is 2.52. The summed E-state index contributed by atoms with van der Waals surface area (Å²) in [5.41, 5.74) is 0.932. The van der Waals surface area contributed by atoms with E-state index in [1.54, 1.807) is 0 Å². The van der Waals surface area contributed by atoms with E-state index in [0.717, 1.165) is 18.8 Å². The molecule has 0 bridgehead atoms. The van der Waals surface area contributed by atoms with Crippen LogP contribution in [0.25, 0.3) is 0 Å². The molecule has 1 aliphatic heterocycles. The first kappa shape index (κ1) is 9.67. The molecule has 0 fully saturated rings. The number of carboxylic acid groups (broad SMARTS) is 1. The van der Waals surface area contributed by atoms with Crippen LogP contribution in [0.1, 0.15) is 16.2 Å². The molecule has 0 saturated heterocycles. The maximum atomic E-state index is 10.9. The number of nitrogens with zero attached hydrogens (tertiary/aromatic N) is 3. The molecule has 0 saturated carbocycles. The Kier molecular flexibility index (Phi) is 2.32. The molecule has 1 aliphatic rings. The lowest BCUT2D eigenvalue weighted by Crippen LogP contribution is -2.31. The molecule has 0 aliphatic carbocycles. The van der Waals surface area contributed by atoms with Gasteiger partial charge in [0.15, 0.2) is 10.4 Å². The Bertz CT molecular complexity index is 388. The Morgan fingerprint density at radius 3 is 2.93 bits per heavy atom. The van der Waals surface area contributed by atoms with E-state index in [0.29, 0.717) is 11.3 Å². The molecule has 5 nitrogen and oxygen atoms in total. The van der Waals surface area contributed by atoms with Crippen LogP contribution in [0.2, 0.25) is 0 Å². The molecule has 0 aromatic carbocycles. The Hall–Kier alpha value is -0.880. The molecule has 0 radical (unpaired) electrons. The molecule has 1 aromatic rings. The van der Waals surface area contributed by atoms with Crippen molar-refractivity contribution in [3.05, 3.63) is 16.1 Å². The minimum Gasteiger partial charge on any atom is -0.476 e. The highest BCUT2D eigenvalue weighted by Crippen LogP contribution is 2.21. The number of carbonyl (C=O) groups is 1. The van der Waals surface area contributed by atoms with Gasteiger partial charge in [-0.1, -0.05) is 0 Å². The van der Waals surface area contributed by atoms with Gasteiger partial charge in [0.1, 0.15) is 0 Å². The van der Waals surface area contributed by atoms with Crippen molar-refractivity contribution in [3.8, 4) is 0 Å². The second-order valence-electron chi connectivity index (χ2n) is 3.37. The van der Waals surface area contributed by atoms with Crippen LogP contribution in [0.15, 0.2) is 4.73 Å². The van der Waals surface area contributed by atoms with Crippen LogP contribution in [0.5, 0.6) is 0 Å². The monoisotopic (exact) mass is 259 g/mol. The Labute approximate surface area is 89.5 Å². The second kappa shape index (κ2) is 3.36. The third kappa shape index (κ3) is 1.44. The lowest BCUT2D eigenvalue weighted by molar-refractivity contribution is 0.0687. The van der Waals surface area contributed by atoms with Crippen molar-refractivity contribution in [1.29, 1.82) is 0 Å². The zero-order chi connectivity index (χ0) is 10.3. The highest BCUT2D eigenvalue weighted by molar-refractivity contribution is 9.10. The molecule has 6 heteroatoms. The predicted molar refractivity (Wildman–Crippen MR) is 53.2 cm³/mol. The van der Waals surface area contributed by atoms with E-state index in [1.807, 2.05) is 11.6 Å². The largest absolute Gasteiger partial charge is 0.476 e. The number of aromatic carboxylic acids is 1. The zero-order valence-electron chi connectivity index (χ0n) is 7.70. The fraction of sp³-hybridized carbons (Fsp3) is 0.500. The van der Waals surface area contributed by atoms with E-state index in [4.69, 9.17) is 5.11 Å². The van der Waals surface area contributed by atoms with E-state index in [-0.39, 0.29) is 5.69 Å². The topological polar surface area (TPSA) is 58.4 Å². The maximum Gasteiger partial charge on any atom is 0.356 e. The lowest BCUT2D eigenvalue weighted by Gasteiger charge is -2.24. The number of carboxylic acids is 1. The fourth-order valence-corrected chi connectivity index (χ4v) is 2.19. The molecule has 0 spiro atoms. The van der Waals surface area contributed by atoms with Crippen LogP contribution in [0.3, 0.4) is 0 Å². The molecular weight excluding hydrogens is 250 g/mol. The van der Waals surface area contributed by atoms with E-state index < -0.39 is 5.97 Å².